The zero-order valence-electron chi connectivity index (χ0n) is 12.2. The molecule has 0 aromatic heterocycles. The molecule has 0 saturated carbocycles. The van der Waals surface area contributed by atoms with Gasteiger partial charge >= 0.3 is 0 Å². The second-order valence-electron chi connectivity index (χ2n) is 6.32. The van der Waals surface area contributed by atoms with Gasteiger partial charge in [-0.3, -0.25) is 0 Å². The second kappa shape index (κ2) is 8.10. The van der Waals surface area contributed by atoms with E-state index in [9.17, 15) is 0 Å². The molecule has 2 nitrogen and oxygen atoms in total. The van der Waals surface area contributed by atoms with Crippen molar-refractivity contribution in [2.45, 2.75) is 59.3 Å². The highest BCUT2D eigenvalue weighted by molar-refractivity contribution is 4.76. The highest BCUT2D eigenvalue weighted by Gasteiger charge is 2.22. The van der Waals surface area contributed by atoms with Gasteiger partial charge in [-0.15, -0.1) is 0 Å². The van der Waals surface area contributed by atoms with E-state index in [0.29, 0.717) is 5.41 Å². The zero-order valence-corrected chi connectivity index (χ0v) is 12.2. The molecule has 0 aromatic carbocycles. The molecule has 1 aliphatic rings. The van der Waals surface area contributed by atoms with Crippen LogP contribution in [0.1, 0.15) is 59.3 Å². The number of unbranched alkanes of at least 4 members (excludes halogenated alkanes) is 2. The van der Waals surface area contributed by atoms with Gasteiger partial charge in [0.25, 0.3) is 0 Å². The summed E-state index contributed by atoms with van der Waals surface area (Å²) in [5.74, 6) is 0. The van der Waals surface area contributed by atoms with Crippen molar-refractivity contribution in [3.63, 3.8) is 0 Å². The zero-order chi connectivity index (χ0) is 12.6. The van der Waals surface area contributed by atoms with Crippen LogP contribution in [-0.4, -0.2) is 37.6 Å². The summed E-state index contributed by atoms with van der Waals surface area (Å²) in [5, 5.41) is 3.57. The van der Waals surface area contributed by atoms with Gasteiger partial charge in [0, 0.05) is 13.1 Å². The first-order chi connectivity index (χ1) is 8.14. The number of rotatable bonds is 7. The third kappa shape index (κ3) is 7.05. The maximum atomic E-state index is 3.57. The van der Waals surface area contributed by atoms with Crippen LogP contribution in [0.2, 0.25) is 0 Å². The van der Waals surface area contributed by atoms with Crippen molar-refractivity contribution in [2.75, 3.05) is 32.7 Å². The van der Waals surface area contributed by atoms with Crippen molar-refractivity contribution >= 4 is 0 Å². The highest BCUT2D eigenvalue weighted by Crippen LogP contribution is 2.29. The lowest BCUT2D eigenvalue weighted by Gasteiger charge is -2.23. The fourth-order valence-electron chi connectivity index (χ4n) is 2.56. The van der Waals surface area contributed by atoms with Crippen LogP contribution in [0.4, 0.5) is 0 Å². The monoisotopic (exact) mass is 240 g/mol. The molecule has 0 amide bonds. The third-order valence-corrected chi connectivity index (χ3v) is 3.99. The van der Waals surface area contributed by atoms with E-state index >= 15 is 0 Å². The van der Waals surface area contributed by atoms with Crippen LogP contribution in [0.3, 0.4) is 0 Å². The minimum Gasteiger partial charge on any atom is -0.315 e. The van der Waals surface area contributed by atoms with E-state index < -0.39 is 0 Å². The van der Waals surface area contributed by atoms with Gasteiger partial charge in [0.15, 0.2) is 0 Å². The summed E-state index contributed by atoms with van der Waals surface area (Å²) in [7, 11) is 0. The van der Waals surface area contributed by atoms with E-state index in [-0.39, 0.29) is 0 Å². The Bertz CT molecular complexity index is 189. The second-order valence-corrected chi connectivity index (χ2v) is 6.32. The average Bonchev–Trinajstić information content (AvgIpc) is 2.45. The predicted octanol–water partition coefficient (Wildman–Crippen LogP) is 3.28. The lowest BCUT2D eigenvalue weighted by molar-refractivity contribution is 0.262. The molecule has 1 aliphatic heterocycles. The lowest BCUT2D eigenvalue weighted by atomic mass is 9.85. The smallest absolute Gasteiger partial charge is 0.0107 e. The van der Waals surface area contributed by atoms with Gasteiger partial charge in [0.1, 0.15) is 0 Å². The summed E-state index contributed by atoms with van der Waals surface area (Å²) >= 11 is 0. The molecule has 1 rings (SSSR count). The Morgan fingerprint density at radius 2 is 1.88 bits per heavy atom. The van der Waals surface area contributed by atoms with Gasteiger partial charge in [0.05, 0.1) is 0 Å². The van der Waals surface area contributed by atoms with Gasteiger partial charge in [-0.1, -0.05) is 33.6 Å². The van der Waals surface area contributed by atoms with Crippen molar-refractivity contribution in [3.8, 4) is 0 Å². The van der Waals surface area contributed by atoms with Crippen LogP contribution < -0.4 is 5.32 Å². The number of nitrogens with one attached hydrogen (secondary N) is 1. The van der Waals surface area contributed by atoms with Crippen molar-refractivity contribution in [3.05, 3.63) is 0 Å². The molecular weight excluding hydrogens is 208 g/mol. The largest absolute Gasteiger partial charge is 0.315 e. The summed E-state index contributed by atoms with van der Waals surface area (Å²) in [4.78, 5) is 2.64. The number of hydrogen-bond donors (Lipinski definition) is 1. The van der Waals surface area contributed by atoms with Crippen LogP contribution in [0.15, 0.2) is 0 Å². The van der Waals surface area contributed by atoms with E-state index in [1.807, 2.05) is 0 Å². The normalized spacial score (nSPS) is 21.4. The van der Waals surface area contributed by atoms with E-state index in [0.717, 1.165) is 0 Å². The molecule has 0 unspecified atom stereocenters. The molecule has 17 heavy (non-hydrogen) atoms. The summed E-state index contributed by atoms with van der Waals surface area (Å²) in [6.45, 7) is 13.3. The maximum Gasteiger partial charge on any atom is 0.0107 e. The molecular formula is C15H32N2. The van der Waals surface area contributed by atoms with Crippen LogP contribution in [-0.2, 0) is 0 Å². The Hall–Kier alpha value is -0.0800. The molecule has 0 aromatic rings. The Labute approximate surface area is 108 Å². The van der Waals surface area contributed by atoms with Crippen molar-refractivity contribution < 1.29 is 0 Å². The van der Waals surface area contributed by atoms with E-state index in [1.54, 1.807) is 0 Å². The first kappa shape index (κ1) is 15.0. The molecule has 1 fully saturated rings. The quantitative estimate of drug-likeness (QED) is 0.687. The summed E-state index contributed by atoms with van der Waals surface area (Å²) in [6.07, 6.45) is 8.16. The fourth-order valence-corrected chi connectivity index (χ4v) is 2.56. The van der Waals surface area contributed by atoms with Gasteiger partial charge in [0.2, 0.25) is 0 Å². The Morgan fingerprint density at radius 1 is 1.06 bits per heavy atom. The van der Waals surface area contributed by atoms with Crippen LogP contribution in [0.5, 0.6) is 0 Å². The van der Waals surface area contributed by atoms with Crippen LogP contribution in [0, 0.1) is 5.41 Å². The van der Waals surface area contributed by atoms with Crippen molar-refractivity contribution in [1.82, 2.24) is 10.2 Å². The van der Waals surface area contributed by atoms with E-state index in [1.165, 1.54) is 71.2 Å². The van der Waals surface area contributed by atoms with Crippen LogP contribution >= 0.6 is 0 Å². The molecule has 1 heterocycles. The fraction of sp³-hybridized carbons (Fsp3) is 1.00. The summed E-state index contributed by atoms with van der Waals surface area (Å²) < 4.78 is 0. The van der Waals surface area contributed by atoms with Gasteiger partial charge in [-0.2, -0.15) is 0 Å². The molecule has 1 N–H and O–H groups in total. The Balaban J connectivity index is 2.03. The standard InChI is InChI=1S/C15H32N2/c1-4-5-6-10-16-11-14-17-12-7-8-15(2,3)9-13-17/h16H,4-14H2,1-3H3. The summed E-state index contributed by atoms with van der Waals surface area (Å²) in [6, 6.07) is 0. The molecule has 0 bridgehead atoms. The first-order valence-corrected chi connectivity index (χ1v) is 7.57. The molecule has 0 spiro atoms. The lowest BCUT2D eigenvalue weighted by Crippen LogP contribution is -2.33. The van der Waals surface area contributed by atoms with Crippen molar-refractivity contribution in [1.29, 1.82) is 0 Å². The average molecular weight is 240 g/mol. The number of likely N-dealkylation sites (tertiary alicyclic amines) is 1. The number of nitrogens with zero attached hydrogens (tertiary/aromatic N) is 1. The third-order valence-electron chi connectivity index (χ3n) is 3.99. The highest BCUT2D eigenvalue weighted by atomic mass is 15.1. The van der Waals surface area contributed by atoms with Crippen LogP contribution in [0.25, 0.3) is 0 Å². The molecule has 1 saturated heterocycles. The van der Waals surface area contributed by atoms with E-state index in [4.69, 9.17) is 0 Å². The summed E-state index contributed by atoms with van der Waals surface area (Å²) in [5.41, 5.74) is 0.573. The molecule has 102 valence electrons. The molecule has 0 radical (unpaired) electrons. The first-order valence-electron chi connectivity index (χ1n) is 7.57. The van der Waals surface area contributed by atoms with Gasteiger partial charge in [-0.05, 0) is 50.7 Å². The Morgan fingerprint density at radius 3 is 2.65 bits per heavy atom. The predicted molar refractivity (Wildman–Crippen MR) is 76.5 cm³/mol. The number of hydrogen-bond acceptors (Lipinski definition) is 2. The van der Waals surface area contributed by atoms with Crippen molar-refractivity contribution in [2.24, 2.45) is 5.41 Å². The molecule has 2 heteroatoms. The van der Waals surface area contributed by atoms with Gasteiger partial charge < -0.3 is 10.2 Å². The SMILES string of the molecule is CCCCCNCCN1CCCC(C)(C)CC1. The topological polar surface area (TPSA) is 15.3 Å². The minimum atomic E-state index is 0.573. The minimum absolute atomic E-state index is 0.573. The molecule has 0 atom stereocenters. The Kier molecular flexibility index (Phi) is 7.14. The molecule has 0 aliphatic carbocycles. The van der Waals surface area contributed by atoms with E-state index in [2.05, 4.69) is 31.0 Å². The van der Waals surface area contributed by atoms with Gasteiger partial charge in [-0.25, -0.2) is 0 Å². The maximum absolute atomic E-state index is 3.57.